The summed E-state index contributed by atoms with van der Waals surface area (Å²) in [6, 6.07) is 11.7. The largest absolute Gasteiger partial charge is 0.439 e. The Labute approximate surface area is 172 Å². The van der Waals surface area contributed by atoms with Crippen LogP contribution in [-0.2, 0) is 6.18 Å². The molecule has 10 heteroatoms. The van der Waals surface area contributed by atoms with Crippen molar-refractivity contribution in [1.29, 1.82) is 0 Å². The Morgan fingerprint density at radius 3 is 2.52 bits per heavy atom. The zero-order valence-corrected chi connectivity index (χ0v) is 15.9. The summed E-state index contributed by atoms with van der Waals surface area (Å²) in [6.45, 7) is 1.95. The van der Waals surface area contributed by atoms with Gasteiger partial charge in [-0.2, -0.15) is 13.2 Å². The van der Waals surface area contributed by atoms with Gasteiger partial charge in [-0.1, -0.05) is 17.7 Å². The number of pyridine rings is 2. The molecule has 0 spiro atoms. The molecule has 31 heavy (non-hydrogen) atoms. The number of anilines is 1. The minimum Gasteiger partial charge on any atom is -0.439 e. The van der Waals surface area contributed by atoms with Gasteiger partial charge in [-0.25, -0.2) is 4.98 Å². The number of carbonyl (C=O) groups excluding carboxylic acids is 1. The molecule has 0 saturated heterocycles. The number of amides is 1. The van der Waals surface area contributed by atoms with Crippen LogP contribution in [0.4, 0.5) is 18.9 Å². The molecule has 0 radical (unpaired) electrons. The molecule has 0 bridgehead atoms. The number of nitrogens with zero attached hydrogens (tertiary/aromatic N) is 1. The lowest BCUT2D eigenvalue weighted by molar-refractivity contribution is -0.136. The van der Waals surface area contributed by atoms with Gasteiger partial charge in [0.2, 0.25) is 11.6 Å². The van der Waals surface area contributed by atoms with Crippen molar-refractivity contribution in [1.82, 2.24) is 9.97 Å². The second kappa shape index (κ2) is 7.63. The van der Waals surface area contributed by atoms with Crippen molar-refractivity contribution in [3.05, 3.63) is 82.0 Å². The topological polar surface area (TPSA) is 97.2 Å². The third-order valence-electron chi connectivity index (χ3n) is 4.30. The second-order valence-electron chi connectivity index (χ2n) is 6.65. The molecule has 1 amide bonds. The van der Waals surface area contributed by atoms with E-state index in [4.69, 9.17) is 9.15 Å². The average Bonchev–Trinajstić information content (AvgIpc) is 3.14. The number of carbonyl (C=O) groups is 1. The van der Waals surface area contributed by atoms with Crippen molar-refractivity contribution in [2.45, 2.75) is 13.1 Å². The number of halogens is 3. The fraction of sp³-hybridized carbons (Fsp3) is 0.0952. The summed E-state index contributed by atoms with van der Waals surface area (Å²) >= 11 is 0. The number of aryl methyl sites for hydroxylation is 1. The minimum atomic E-state index is -4.78. The smallest absolute Gasteiger partial charge is 0.417 e. The number of nitrogens with one attached hydrogen (secondary N) is 2. The Bertz CT molecular complexity index is 1310. The van der Waals surface area contributed by atoms with E-state index in [9.17, 15) is 22.8 Å². The fourth-order valence-electron chi connectivity index (χ4n) is 2.82. The molecule has 1 aromatic carbocycles. The highest BCUT2D eigenvalue weighted by atomic mass is 19.4. The lowest BCUT2D eigenvalue weighted by Gasteiger charge is -2.06. The molecule has 0 aliphatic carbocycles. The van der Waals surface area contributed by atoms with Crippen LogP contribution in [0.2, 0.25) is 0 Å². The Hall–Kier alpha value is -4.08. The van der Waals surface area contributed by atoms with Gasteiger partial charge in [-0.05, 0) is 31.2 Å². The van der Waals surface area contributed by atoms with E-state index >= 15 is 0 Å². The van der Waals surface area contributed by atoms with Crippen LogP contribution in [0, 0.1) is 6.92 Å². The van der Waals surface area contributed by atoms with Crippen molar-refractivity contribution in [2.75, 3.05) is 5.32 Å². The summed E-state index contributed by atoms with van der Waals surface area (Å²) in [6.07, 6.45) is -3.45. The van der Waals surface area contributed by atoms with Gasteiger partial charge in [0.25, 0.3) is 11.5 Å². The van der Waals surface area contributed by atoms with E-state index in [0.717, 1.165) is 11.6 Å². The van der Waals surface area contributed by atoms with Gasteiger partial charge in [0.05, 0.1) is 22.8 Å². The molecule has 0 atom stereocenters. The van der Waals surface area contributed by atoms with Crippen LogP contribution >= 0.6 is 0 Å². The van der Waals surface area contributed by atoms with Gasteiger partial charge in [-0.3, -0.25) is 14.6 Å². The highest BCUT2D eigenvalue weighted by molar-refractivity contribution is 6.04. The average molecular weight is 429 g/mol. The van der Waals surface area contributed by atoms with Gasteiger partial charge in [0.1, 0.15) is 5.75 Å². The second-order valence-corrected chi connectivity index (χ2v) is 6.65. The van der Waals surface area contributed by atoms with E-state index in [1.165, 1.54) is 18.3 Å². The quantitative estimate of drug-likeness (QED) is 0.482. The number of H-pyrrole nitrogens is 1. The highest BCUT2D eigenvalue weighted by Crippen LogP contribution is 2.34. The zero-order valence-electron chi connectivity index (χ0n) is 15.9. The zero-order chi connectivity index (χ0) is 22.2. The van der Waals surface area contributed by atoms with Crippen molar-refractivity contribution in [3.8, 4) is 11.6 Å². The molecular formula is C21H14F3N3O4. The third-order valence-corrected chi connectivity index (χ3v) is 4.30. The van der Waals surface area contributed by atoms with Crippen molar-refractivity contribution < 1.29 is 27.1 Å². The number of benzene rings is 1. The summed E-state index contributed by atoms with van der Waals surface area (Å²) in [5.74, 6) is -0.328. The molecule has 0 fully saturated rings. The molecule has 158 valence electrons. The molecule has 4 rings (SSSR count). The van der Waals surface area contributed by atoms with E-state index in [1.54, 1.807) is 12.1 Å². The van der Waals surface area contributed by atoms with Gasteiger partial charge in [-0.15, -0.1) is 0 Å². The number of rotatable bonds is 4. The maximum atomic E-state index is 13.2. The molecule has 0 saturated carbocycles. The maximum Gasteiger partial charge on any atom is 0.417 e. The van der Waals surface area contributed by atoms with E-state index in [2.05, 4.69) is 15.3 Å². The van der Waals surface area contributed by atoms with Gasteiger partial charge in [0.15, 0.2) is 5.76 Å². The highest BCUT2D eigenvalue weighted by Gasteiger charge is 2.34. The summed E-state index contributed by atoms with van der Waals surface area (Å²) < 4.78 is 50.2. The first-order chi connectivity index (χ1) is 14.7. The number of fused-ring (bicyclic) bond motifs is 1. The number of furan rings is 1. The molecule has 4 aromatic rings. The van der Waals surface area contributed by atoms with Crippen LogP contribution < -0.4 is 15.6 Å². The first kappa shape index (κ1) is 20.2. The monoisotopic (exact) mass is 429 g/mol. The van der Waals surface area contributed by atoms with E-state index in [1.807, 2.05) is 19.1 Å². The normalized spacial score (nSPS) is 11.5. The lowest BCUT2D eigenvalue weighted by atomic mass is 10.1. The number of ether oxygens (including phenoxy) is 1. The van der Waals surface area contributed by atoms with Crippen LogP contribution in [-0.4, -0.2) is 15.9 Å². The summed E-state index contributed by atoms with van der Waals surface area (Å²) in [5.41, 5.74) is -1.27. The molecule has 0 aliphatic rings. The number of alkyl halides is 3. The Balaban J connectivity index is 1.52. The van der Waals surface area contributed by atoms with E-state index in [-0.39, 0.29) is 11.6 Å². The lowest BCUT2D eigenvalue weighted by Crippen LogP contribution is -2.13. The molecular weight excluding hydrogens is 415 g/mol. The minimum absolute atomic E-state index is 0.270. The molecule has 0 aliphatic heterocycles. The standard InChI is InChI=1S/C21H14F3N3O4/c1-11-2-5-13(6-3-11)30-18-7-4-12(10-25-18)26-19(29)16-8-14-15(21(22,23)24)9-17(28)27-20(14)31-16/h2-10H,1H3,(H,26,29)(H,27,28). The Kier molecular flexibility index (Phi) is 4.97. The molecule has 3 heterocycles. The molecule has 7 nitrogen and oxygen atoms in total. The van der Waals surface area contributed by atoms with Gasteiger partial charge < -0.3 is 14.5 Å². The Morgan fingerprint density at radius 2 is 1.87 bits per heavy atom. The first-order valence-corrected chi connectivity index (χ1v) is 8.95. The molecule has 3 aromatic heterocycles. The number of aromatic nitrogens is 2. The predicted molar refractivity (Wildman–Crippen MR) is 105 cm³/mol. The van der Waals surface area contributed by atoms with Gasteiger partial charge >= 0.3 is 6.18 Å². The summed E-state index contributed by atoms with van der Waals surface area (Å²) in [4.78, 5) is 30.1. The molecule has 0 unspecified atom stereocenters. The molecule has 2 N–H and O–H groups in total. The van der Waals surface area contributed by atoms with Crippen LogP contribution in [0.15, 0.2) is 63.9 Å². The van der Waals surface area contributed by atoms with Crippen molar-refractivity contribution in [2.24, 2.45) is 0 Å². The van der Waals surface area contributed by atoms with Gasteiger partial charge in [0, 0.05) is 12.1 Å². The van der Waals surface area contributed by atoms with E-state index < -0.39 is 40.1 Å². The Morgan fingerprint density at radius 1 is 1.13 bits per heavy atom. The SMILES string of the molecule is Cc1ccc(Oc2ccc(NC(=O)c3cc4c(C(F)(F)F)cc(=O)[nH]c4o3)cn2)cc1. The number of aromatic amines is 1. The first-order valence-electron chi connectivity index (χ1n) is 8.95. The van der Waals surface area contributed by atoms with Crippen LogP contribution in [0.1, 0.15) is 21.7 Å². The third kappa shape index (κ3) is 4.42. The van der Waals surface area contributed by atoms with Crippen molar-refractivity contribution >= 4 is 22.7 Å². The van der Waals surface area contributed by atoms with Crippen LogP contribution in [0.5, 0.6) is 11.6 Å². The van der Waals surface area contributed by atoms with Crippen LogP contribution in [0.25, 0.3) is 11.1 Å². The van der Waals surface area contributed by atoms with E-state index in [0.29, 0.717) is 11.8 Å². The number of hydrogen-bond donors (Lipinski definition) is 2. The summed E-state index contributed by atoms with van der Waals surface area (Å²) in [7, 11) is 0. The van der Waals surface area contributed by atoms with Crippen molar-refractivity contribution in [3.63, 3.8) is 0 Å². The summed E-state index contributed by atoms with van der Waals surface area (Å²) in [5, 5.41) is 2.05. The van der Waals surface area contributed by atoms with Crippen LogP contribution in [0.3, 0.4) is 0 Å². The fourth-order valence-corrected chi connectivity index (χ4v) is 2.82. The maximum absolute atomic E-state index is 13.2. The number of hydrogen-bond acceptors (Lipinski definition) is 5. The predicted octanol–water partition coefficient (Wildman–Crippen LogP) is 4.89.